The predicted molar refractivity (Wildman–Crippen MR) is 96.4 cm³/mol. The molecule has 122 valence electrons. The minimum Gasteiger partial charge on any atom is -0.492 e. The third-order valence-electron chi connectivity index (χ3n) is 2.99. The number of nitrogens with two attached hydrogens (primary N) is 1. The van der Waals surface area contributed by atoms with Gasteiger partial charge in [0.2, 0.25) is 0 Å². The minimum absolute atomic E-state index is 0.107. The molecular formula is C18H22N2O2S. The number of hydrogen-bond donors (Lipinski definition) is 2. The predicted octanol–water partition coefficient (Wildman–Crippen LogP) is 3.78. The van der Waals surface area contributed by atoms with Crippen LogP contribution < -0.4 is 15.8 Å². The maximum atomic E-state index is 12.5. The van der Waals surface area contributed by atoms with Gasteiger partial charge in [-0.1, -0.05) is 26.0 Å². The summed E-state index contributed by atoms with van der Waals surface area (Å²) in [5.74, 6) is 0.633. The second-order valence-corrected chi connectivity index (χ2v) is 6.90. The highest BCUT2D eigenvalue weighted by atomic mass is 32.2. The number of carbonyl (C=O) groups excluding carboxylic acids is 1. The van der Waals surface area contributed by atoms with E-state index in [2.05, 4.69) is 19.2 Å². The zero-order valence-corrected chi connectivity index (χ0v) is 14.2. The Labute approximate surface area is 141 Å². The summed E-state index contributed by atoms with van der Waals surface area (Å²) < 4.78 is 5.42. The molecule has 0 saturated heterocycles. The normalized spacial score (nSPS) is 10.6. The van der Waals surface area contributed by atoms with E-state index in [9.17, 15) is 4.79 Å². The molecule has 0 aliphatic heterocycles. The van der Waals surface area contributed by atoms with E-state index in [1.54, 1.807) is 11.8 Å². The third-order valence-corrected chi connectivity index (χ3v) is 4.07. The van der Waals surface area contributed by atoms with Crippen molar-refractivity contribution in [1.29, 1.82) is 0 Å². The molecule has 0 aliphatic carbocycles. The molecule has 0 fully saturated rings. The molecule has 1 amide bonds. The molecule has 0 radical (unpaired) electrons. The zero-order chi connectivity index (χ0) is 16.7. The molecule has 23 heavy (non-hydrogen) atoms. The van der Waals surface area contributed by atoms with Crippen molar-refractivity contribution in [2.75, 3.05) is 18.5 Å². The average Bonchev–Trinajstić information content (AvgIpc) is 2.54. The van der Waals surface area contributed by atoms with E-state index in [-0.39, 0.29) is 5.91 Å². The van der Waals surface area contributed by atoms with E-state index < -0.39 is 0 Å². The van der Waals surface area contributed by atoms with Crippen LogP contribution in [0.3, 0.4) is 0 Å². The molecule has 0 aromatic heterocycles. The fourth-order valence-corrected chi connectivity index (χ4v) is 2.97. The van der Waals surface area contributed by atoms with Gasteiger partial charge in [-0.3, -0.25) is 4.79 Å². The van der Waals surface area contributed by atoms with Crippen LogP contribution in [-0.4, -0.2) is 24.3 Å². The number of hydrogen-bond acceptors (Lipinski definition) is 4. The summed E-state index contributed by atoms with van der Waals surface area (Å²) in [5.41, 5.74) is 6.83. The van der Waals surface area contributed by atoms with Crippen LogP contribution in [0.15, 0.2) is 53.4 Å². The Morgan fingerprint density at radius 2 is 1.87 bits per heavy atom. The van der Waals surface area contributed by atoms with Crippen LogP contribution in [0.4, 0.5) is 5.69 Å². The second kappa shape index (κ2) is 8.60. The SMILES string of the molecule is CC(C)Sc1ccccc1C(=O)Nc1ccc(OCCN)cc1. The molecule has 3 N–H and O–H groups in total. The lowest BCUT2D eigenvalue weighted by Crippen LogP contribution is -2.13. The topological polar surface area (TPSA) is 64.3 Å². The molecule has 0 bridgehead atoms. The molecule has 0 saturated carbocycles. The van der Waals surface area contributed by atoms with Crippen molar-refractivity contribution in [1.82, 2.24) is 0 Å². The van der Waals surface area contributed by atoms with Gasteiger partial charge in [-0.2, -0.15) is 0 Å². The molecule has 0 aliphatic rings. The highest BCUT2D eigenvalue weighted by Gasteiger charge is 2.12. The largest absolute Gasteiger partial charge is 0.492 e. The maximum absolute atomic E-state index is 12.5. The number of amides is 1. The first-order chi connectivity index (χ1) is 11.1. The van der Waals surface area contributed by atoms with Gasteiger partial charge in [-0.05, 0) is 36.4 Å². The summed E-state index contributed by atoms with van der Waals surface area (Å²) in [4.78, 5) is 13.5. The summed E-state index contributed by atoms with van der Waals surface area (Å²) in [6, 6.07) is 14.9. The molecule has 4 nitrogen and oxygen atoms in total. The molecule has 5 heteroatoms. The van der Waals surface area contributed by atoms with Crippen molar-refractivity contribution in [2.45, 2.75) is 24.0 Å². The fourth-order valence-electron chi connectivity index (χ4n) is 2.02. The number of carbonyl (C=O) groups is 1. The lowest BCUT2D eigenvalue weighted by molar-refractivity contribution is 0.102. The monoisotopic (exact) mass is 330 g/mol. The molecule has 2 aromatic rings. The fraction of sp³-hybridized carbons (Fsp3) is 0.278. The Hall–Kier alpha value is -1.98. The van der Waals surface area contributed by atoms with Crippen molar-refractivity contribution >= 4 is 23.4 Å². The molecule has 2 rings (SSSR count). The summed E-state index contributed by atoms with van der Waals surface area (Å²) in [7, 11) is 0. The number of nitrogens with one attached hydrogen (secondary N) is 1. The molecule has 0 unspecified atom stereocenters. The Bertz CT molecular complexity index is 642. The van der Waals surface area contributed by atoms with Crippen LogP contribution in [0.2, 0.25) is 0 Å². The number of thioether (sulfide) groups is 1. The Morgan fingerprint density at radius 1 is 1.17 bits per heavy atom. The van der Waals surface area contributed by atoms with Gasteiger partial charge in [0.25, 0.3) is 5.91 Å². The van der Waals surface area contributed by atoms with E-state index in [0.717, 1.165) is 16.3 Å². The van der Waals surface area contributed by atoms with Crippen molar-refractivity contribution < 1.29 is 9.53 Å². The quantitative estimate of drug-likeness (QED) is 0.758. The number of benzene rings is 2. The Balaban J connectivity index is 2.07. The van der Waals surface area contributed by atoms with Gasteiger partial charge in [0.1, 0.15) is 12.4 Å². The van der Waals surface area contributed by atoms with E-state index in [0.29, 0.717) is 24.0 Å². The van der Waals surface area contributed by atoms with E-state index in [4.69, 9.17) is 10.5 Å². The average molecular weight is 330 g/mol. The van der Waals surface area contributed by atoms with Crippen LogP contribution in [0.5, 0.6) is 5.75 Å². The van der Waals surface area contributed by atoms with Gasteiger partial charge in [0.05, 0.1) is 5.56 Å². The Kier molecular flexibility index (Phi) is 6.50. The van der Waals surface area contributed by atoms with Gasteiger partial charge in [0.15, 0.2) is 0 Å². The van der Waals surface area contributed by atoms with Gasteiger partial charge in [-0.25, -0.2) is 0 Å². The maximum Gasteiger partial charge on any atom is 0.256 e. The lowest BCUT2D eigenvalue weighted by Gasteiger charge is -2.12. The zero-order valence-electron chi connectivity index (χ0n) is 13.4. The van der Waals surface area contributed by atoms with E-state index in [1.807, 2.05) is 48.5 Å². The van der Waals surface area contributed by atoms with Crippen LogP contribution in [-0.2, 0) is 0 Å². The third kappa shape index (κ3) is 5.30. The van der Waals surface area contributed by atoms with E-state index >= 15 is 0 Å². The smallest absolute Gasteiger partial charge is 0.256 e. The van der Waals surface area contributed by atoms with Gasteiger partial charge >= 0.3 is 0 Å². The number of anilines is 1. The van der Waals surface area contributed by atoms with Crippen LogP contribution >= 0.6 is 11.8 Å². The van der Waals surface area contributed by atoms with Crippen molar-refractivity contribution in [3.63, 3.8) is 0 Å². The molecule has 0 heterocycles. The lowest BCUT2D eigenvalue weighted by atomic mass is 10.2. The first-order valence-electron chi connectivity index (χ1n) is 7.60. The standard InChI is InChI=1S/C18H22N2O2S/c1-13(2)23-17-6-4-3-5-16(17)18(21)20-14-7-9-15(10-8-14)22-12-11-19/h3-10,13H,11-12,19H2,1-2H3,(H,20,21). The van der Waals surface area contributed by atoms with Crippen molar-refractivity contribution in [3.8, 4) is 5.75 Å². The van der Waals surface area contributed by atoms with Crippen molar-refractivity contribution in [3.05, 3.63) is 54.1 Å². The van der Waals surface area contributed by atoms with Crippen LogP contribution in [0.25, 0.3) is 0 Å². The minimum atomic E-state index is -0.107. The second-order valence-electron chi connectivity index (χ2n) is 5.28. The van der Waals surface area contributed by atoms with Crippen LogP contribution in [0.1, 0.15) is 24.2 Å². The van der Waals surface area contributed by atoms with Crippen molar-refractivity contribution in [2.24, 2.45) is 5.73 Å². The highest BCUT2D eigenvalue weighted by molar-refractivity contribution is 8.00. The number of ether oxygens (including phenoxy) is 1. The molecule has 0 spiro atoms. The van der Waals surface area contributed by atoms with Crippen LogP contribution in [0, 0.1) is 0 Å². The van der Waals surface area contributed by atoms with Gasteiger partial charge < -0.3 is 15.8 Å². The van der Waals surface area contributed by atoms with Gasteiger partial charge in [0, 0.05) is 22.4 Å². The highest BCUT2D eigenvalue weighted by Crippen LogP contribution is 2.27. The number of rotatable bonds is 7. The van der Waals surface area contributed by atoms with E-state index in [1.165, 1.54) is 0 Å². The molecule has 0 atom stereocenters. The molecular weight excluding hydrogens is 308 g/mol. The summed E-state index contributed by atoms with van der Waals surface area (Å²) in [6.07, 6.45) is 0. The first kappa shape index (κ1) is 17.4. The van der Waals surface area contributed by atoms with Gasteiger partial charge in [-0.15, -0.1) is 11.8 Å². The Morgan fingerprint density at radius 3 is 2.52 bits per heavy atom. The summed E-state index contributed by atoms with van der Waals surface area (Å²) >= 11 is 1.68. The summed E-state index contributed by atoms with van der Waals surface area (Å²) in [6.45, 7) is 5.17. The summed E-state index contributed by atoms with van der Waals surface area (Å²) in [5, 5.41) is 3.34. The molecule has 2 aromatic carbocycles. The first-order valence-corrected chi connectivity index (χ1v) is 8.48.